The van der Waals surface area contributed by atoms with Crippen molar-refractivity contribution >= 4 is 21.6 Å². The maximum atomic E-state index is 13.0. The third-order valence-corrected chi connectivity index (χ3v) is 5.59. The minimum atomic E-state index is -4.50. The number of hydrogen-bond acceptors (Lipinski definition) is 3. The van der Waals surface area contributed by atoms with Crippen LogP contribution in [-0.2, 0) is 22.7 Å². The third-order valence-electron chi connectivity index (χ3n) is 4.21. The van der Waals surface area contributed by atoms with Gasteiger partial charge in [-0.1, -0.05) is 18.2 Å². The molecule has 0 atom stereocenters. The van der Waals surface area contributed by atoms with Gasteiger partial charge in [0, 0.05) is 17.8 Å². The average molecular weight is 452 g/mol. The van der Waals surface area contributed by atoms with Crippen LogP contribution in [0.1, 0.15) is 21.5 Å². The molecule has 31 heavy (non-hydrogen) atoms. The van der Waals surface area contributed by atoms with Crippen molar-refractivity contribution < 1.29 is 30.8 Å². The smallest absolute Gasteiger partial charge is 0.348 e. The number of alkyl halides is 3. The quantitative estimate of drug-likeness (QED) is 0.538. The fraction of sp³-hybridized carbons (Fsp3) is 0.0952. The van der Waals surface area contributed by atoms with Gasteiger partial charge in [-0.25, -0.2) is 12.8 Å². The number of halogens is 4. The molecule has 0 aliphatic heterocycles. The standard InChI is InChI=1S/C21H16F4N2O3S/c22-17-7-9-18(10-8-17)27-31(29,30)19-6-2-4-15(12-19)20(28)26-13-14-3-1-5-16(11-14)21(23,24)25/h1-12,27H,13H2,(H,26,28). The Balaban J connectivity index is 1.72. The van der Waals surface area contributed by atoms with E-state index in [9.17, 15) is 30.8 Å². The van der Waals surface area contributed by atoms with Crippen LogP contribution in [0.25, 0.3) is 0 Å². The maximum absolute atomic E-state index is 13.0. The van der Waals surface area contributed by atoms with Gasteiger partial charge >= 0.3 is 6.18 Å². The van der Waals surface area contributed by atoms with Gasteiger partial charge in [0.25, 0.3) is 15.9 Å². The van der Waals surface area contributed by atoms with E-state index in [1.54, 1.807) is 0 Å². The van der Waals surface area contributed by atoms with Gasteiger partial charge in [0.15, 0.2) is 0 Å². The molecule has 0 saturated carbocycles. The van der Waals surface area contributed by atoms with Crippen LogP contribution in [0.15, 0.2) is 77.7 Å². The van der Waals surface area contributed by atoms with E-state index in [2.05, 4.69) is 10.0 Å². The van der Waals surface area contributed by atoms with Crippen molar-refractivity contribution in [3.8, 4) is 0 Å². The molecule has 0 aliphatic rings. The Labute approximate surface area is 175 Å². The molecule has 0 fully saturated rings. The van der Waals surface area contributed by atoms with E-state index in [0.717, 1.165) is 30.3 Å². The molecule has 0 heterocycles. The maximum Gasteiger partial charge on any atom is 0.416 e. The lowest BCUT2D eigenvalue weighted by molar-refractivity contribution is -0.137. The highest BCUT2D eigenvalue weighted by atomic mass is 32.2. The molecule has 0 aromatic heterocycles. The van der Waals surface area contributed by atoms with Crippen LogP contribution in [0.3, 0.4) is 0 Å². The number of sulfonamides is 1. The number of nitrogens with one attached hydrogen (secondary N) is 2. The first-order valence-corrected chi connectivity index (χ1v) is 10.4. The van der Waals surface area contributed by atoms with Crippen LogP contribution in [0.2, 0.25) is 0 Å². The van der Waals surface area contributed by atoms with Gasteiger partial charge in [0.1, 0.15) is 5.82 Å². The van der Waals surface area contributed by atoms with Crippen molar-refractivity contribution in [2.24, 2.45) is 0 Å². The van der Waals surface area contributed by atoms with Crippen molar-refractivity contribution in [1.29, 1.82) is 0 Å². The normalized spacial score (nSPS) is 11.7. The Bertz CT molecular complexity index is 1190. The van der Waals surface area contributed by atoms with E-state index < -0.39 is 33.5 Å². The first-order chi connectivity index (χ1) is 14.5. The second-order valence-corrected chi connectivity index (χ2v) is 8.20. The molecule has 0 bridgehead atoms. The summed E-state index contributed by atoms with van der Waals surface area (Å²) in [5.74, 6) is -1.18. The molecule has 2 N–H and O–H groups in total. The molecule has 5 nitrogen and oxygen atoms in total. The van der Waals surface area contributed by atoms with Gasteiger partial charge in [-0.15, -0.1) is 0 Å². The number of rotatable bonds is 6. The van der Waals surface area contributed by atoms with E-state index in [0.29, 0.717) is 0 Å². The van der Waals surface area contributed by atoms with Crippen LogP contribution in [0.4, 0.5) is 23.2 Å². The molecular weight excluding hydrogens is 436 g/mol. The molecule has 3 aromatic rings. The summed E-state index contributed by atoms with van der Waals surface area (Å²) in [7, 11) is -4.05. The van der Waals surface area contributed by atoms with Crippen molar-refractivity contribution in [1.82, 2.24) is 5.32 Å². The molecule has 0 spiro atoms. The average Bonchev–Trinajstić information content (AvgIpc) is 2.73. The Hall–Kier alpha value is -3.40. The molecule has 162 valence electrons. The Morgan fingerprint density at radius 3 is 2.26 bits per heavy atom. The van der Waals surface area contributed by atoms with Gasteiger partial charge in [-0.3, -0.25) is 9.52 Å². The van der Waals surface area contributed by atoms with Crippen LogP contribution >= 0.6 is 0 Å². The Morgan fingerprint density at radius 1 is 0.903 bits per heavy atom. The van der Waals surface area contributed by atoms with E-state index >= 15 is 0 Å². The lowest BCUT2D eigenvalue weighted by atomic mass is 10.1. The molecule has 3 rings (SSSR count). The summed E-state index contributed by atoms with van der Waals surface area (Å²) in [5, 5.41) is 2.47. The largest absolute Gasteiger partial charge is 0.416 e. The van der Waals surface area contributed by atoms with Crippen LogP contribution < -0.4 is 10.0 Å². The van der Waals surface area contributed by atoms with Gasteiger partial charge < -0.3 is 5.32 Å². The number of carbonyl (C=O) groups is 1. The molecule has 10 heteroatoms. The monoisotopic (exact) mass is 452 g/mol. The van der Waals surface area contributed by atoms with Crippen LogP contribution in [0.5, 0.6) is 0 Å². The highest BCUT2D eigenvalue weighted by Crippen LogP contribution is 2.29. The topological polar surface area (TPSA) is 75.3 Å². The minimum absolute atomic E-state index is 0.00829. The number of hydrogen-bond donors (Lipinski definition) is 2. The Kier molecular flexibility index (Phi) is 6.30. The fourth-order valence-electron chi connectivity index (χ4n) is 2.68. The SMILES string of the molecule is O=C(NCc1cccc(C(F)(F)F)c1)c1cccc(S(=O)(=O)Nc2ccc(F)cc2)c1. The van der Waals surface area contributed by atoms with Crippen LogP contribution in [-0.4, -0.2) is 14.3 Å². The van der Waals surface area contributed by atoms with E-state index in [1.165, 1.54) is 42.5 Å². The summed E-state index contributed by atoms with van der Waals surface area (Å²) in [4.78, 5) is 12.2. The van der Waals surface area contributed by atoms with Crippen molar-refractivity contribution in [3.63, 3.8) is 0 Å². The van der Waals surface area contributed by atoms with Gasteiger partial charge in [0.2, 0.25) is 0 Å². The molecular formula is C21H16F4N2O3S. The fourth-order valence-corrected chi connectivity index (χ4v) is 3.78. The van der Waals surface area contributed by atoms with Gasteiger partial charge in [-0.2, -0.15) is 13.2 Å². The van der Waals surface area contributed by atoms with Gasteiger partial charge in [0.05, 0.1) is 10.5 Å². The summed E-state index contributed by atoms with van der Waals surface area (Å²) in [6.07, 6.45) is -4.50. The van der Waals surface area contributed by atoms with Crippen molar-refractivity contribution in [2.45, 2.75) is 17.6 Å². The number of carbonyl (C=O) groups excluding carboxylic acids is 1. The highest BCUT2D eigenvalue weighted by Gasteiger charge is 2.30. The lowest BCUT2D eigenvalue weighted by Crippen LogP contribution is -2.23. The lowest BCUT2D eigenvalue weighted by Gasteiger charge is -2.11. The minimum Gasteiger partial charge on any atom is -0.348 e. The number of benzene rings is 3. The molecule has 3 aromatic carbocycles. The molecule has 0 unspecified atom stereocenters. The summed E-state index contributed by atoms with van der Waals surface area (Å²) in [6, 6.07) is 14.3. The highest BCUT2D eigenvalue weighted by molar-refractivity contribution is 7.92. The Morgan fingerprint density at radius 2 is 1.58 bits per heavy atom. The summed E-state index contributed by atoms with van der Waals surface area (Å²) in [6.45, 7) is -0.173. The van der Waals surface area contributed by atoms with Gasteiger partial charge in [-0.05, 0) is 60.2 Å². The zero-order chi connectivity index (χ0) is 22.6. The zero-order valence-corrected chi connectivity index (χ0v) is 16.6. The molecule has 0 radical (unpaired) electrons. The molecule has 1 amide bonds. The third kappa shape index (κ3) is 5.82. The number of amides is 1. The summed E-state index contributed by atoms with van der Waals surface area (Å²) >= 11 is 0. The van der Waals surface area contributed by atoms with E-state index in [4.69, 9.17) is 0 Å². The molecule has 0 aliphatic carbocycles. The zero-order valence-electron chi connectivity index (χ0n) is 15.8. The van der Waals surface area contributed by atoms with Crippen LogP contribution in [0, 0.1) is 5.82 Å². The first-order valence-electron chi connectivity index (χ1n) is 8.87. The first kappa shape index (κ1) is 22.3. The predicted molar refractivity (Wildman–Crippen MR) is 106 cm³/mol. The number of anilines is 1. The van der Waals surface area contributed by atoms with Crippen molar-refractivity contribution in [2.75, 3.05) is 4.72 Å². The predicted octanol–water partition coefficient (Wildman–Crippen LogP) is 4.58. The van der Waals surface area contributed by atoms with Crippen molar-refractivity contribution in [3.05, 3.63) is 95.3 Å². The summed E-state index contributed by atoms with van der Waals surface area (Å²) in [5.41, 5.74) is -0.445. The molecule has 0 saturated heterocycles. The summed E-state index contributed by atoms with van der Waals surface area (Å²) < 4.78 is 78.7. The second-order valence-electron chi connectivity index (χ2n) is 6.52. The van der Waals surface area contributed by atoms with E-state index in [-0.39, 0.29) is 28.3 Å². The second kappa shape index (κ2) is 8.76. The van der Waals surface area contributed by atoms with E-state index in [1.807, 2.05) is 0 Å².